The summed E-state index contributed by atoms with van der Waals surface area (Å²) < 4.78 is 15.4. The van der Waals surface area contributed by atoms with Crippen LogP contribution in [0.25, 0.3) is 0 Å². The third-order valence-corrected chi connectivity index (χ3v) is 3.98. The molecule has 0 saturated carbocycles. The SMILES string of the molecule is COC(=O)CN(Cc1cc(OC)cc(OC)c1)Cc1cccc(C(=O)O)c1. The van der Waals surface area contributed by atoms with E-state index < -0.39 is 5.97 Å². The van der Waals surface area contributed by atoms with E-state index in [4.69, 9.17) is 19.3 Å². The molecule has 0 amide bonds. The molecule has 2 aromatic rings. The number of hydrogen-bond donors (Lipinski definition) is 1. The fourth-order valence-electron chi connectivity index (χ4n) is 2.69. The van der Waals surface area contributed by atoms with Crippen molar-refractivity contribution in [1.29, 1.82) is 0 Å². The molecule has 0 bridgehead atoms. The van der Waals surface area contributed by atoms with E-state index in [1.54, 1.807) is 32.4 Å². The summed E-state index contributed by atoms with van der Waals surface area (Å²) in [7, 11) is 4.48. The number of nitrogens with zero attached hydrogens (tertiary/aromatic N) is 1. The van der Waals surface area contributed by atoms with Crippen LogP contribution in [0.1, 0.15) is 21.5 Å². The molecule has 0 heterocycles. The van der Waals surface area contributed by atoms with Crippen LogP contribution in [0.5, 0.6) is 11.5 Å². The minimum Gasteiger partial charge on any atom is -0.497 e. The van der Waals surface area contributed by atoms with Gasteiger partial charge < -0.3 is 19.3 Å². The molecule has 0 aromatic heterocycles. The van der Waals surface area contributed by atoms with E-state index in [0.717, 1.165) is 11.1 Å². The van der Waals surface area contributed by atoms with Gasteiger partial charge in [0, 0.05) is 19.2 Å². The van der Waals surface area contributed by atoms with E-state index in [1.165, 1.54) is 13.2 Å². The van der Waals surface area contributed by atoms with Crippen LogP contribution in [0, 0.1) is 0 Å². The van der Waals surface area contributed by atoms with E-state index in [9.17, 15) is 9.59 Å². The van der Waals surface area contributed by atoms with Crippen LogP contribution in [0.3, 0.4) is 0 Å². The number of benzene rings is 2. The third-order valence-electron chi connectivity index (χ3n) is 3.98. The molecule has 2 aromatic carbocycles. The Morgan fingerprint density at radius 1 is 0.926 bits per heavy atom. The molecule has 0 spiro atoms. The minimum atomic E-state index is -0.992. The van der Waals surface area contributed by atoms with Gasteiger partial charge in [0.15, 0.2) is 0 Å². The van der Waals surface area contributed by atoms with Crippen molar-refractivity contribution in [1.82, 2.24) is 4.90 Å². The van der Waals surface area contributed by atoms with Crippen molar-refractivity contribution in [3.05, 3.63) is 59.2 Å². The summed E-state index contributed by atoms with van der Waals surface area (Å²) in [5.74, 6) is -0.0707. The Morgan fingerprint density at radius 3 is 2.11 bits per heavy atom. The average molecular weight is 373 g/mol. The van der Waals surface area contributed by atoms with Gasteiger partial charge in [-0.3, -0.25) is 9.69 Å². The number of methoxy groups -OCH3 is 3. The van der Waals surface area contributed by atoms with Gasteiger partial charge in [-0.25, -0.2) is 4.79 Å². The van der Waals surface area contributed by atoms with E-state index in [-0.39, 0.29) is 18.1 Å². The lowest BCUT2D eigenvalue weighted by molar-refractivity contribution is -0.142. The van der Waals surface area contributed by atoms with Gasteiger partial charge in [0.1, 0.15) is 11.5 Å². The summed E-state index contributed by atoms with van der Waals surface area (Å²) >= 11 is 0. The minimum absolute atomic E-state index is 0.0628. The van der Waals surface area contributed by atoms with Gasteiger partial charge in [-0.1, -0.05) is 12.1 Å². The maximum absolute atomic E-state index is 11.8. The zero-order valence-corrected chi connectivity index (χ0v) is 15.6. The largest absolute Gasteiger partial charge is 0.497 e. The van der Waals surface area contributed by atoms with Crippen molar-refractivity contribution in [2.24, 2.45) is 0 Å². The fourth-order valence-corrected chi connectivity index (χ4v) is 2.69. The number of carboxylic acids is 1. The quantitative estimate of drug-likeness (QED) is 0.676. The molecule has 27 heavy (non-hydrogen) atoms. The first kappa shape index (κ1) is 20.3. The number of carboxylic acid groups (broad SMARTS) is 1. The monoisotopic (exact) mass is 373 g/mol. The highest BCUT2D eigenvalue weighted by atomic mass is 16.5. The van der Waals surface area contributed by atoms with E-state index in [2.05, 4.69) is 0 Å². The Labute approximate surface area is 158 Å². The molecule has 0 atom stereocenters. The number of esters is 1. The van der Waals surface area contributed by atoms with Crippen LogP contribution in [0.2, 0.25) is 0 Å². The molecule has 0 aliphatic carbocycles. The predicted molar refractivity (Wildman–Crippen MR) is 99.1 cm³/mol. The van der Waals surface area contributed by atoms with E-state index in [1.807, 2.05) is 23.1 Å². The lowest BCUT2D eigenvalue weighted by atomic mass is 10.1. The van der Waals surface area contributed by atoms with Gasteiger partial charge in [-0.05, 0) is 35.4 Å². The molecule has 0 aliphatic rings. The van der Waals surface area contributed by atoms with Crippen LogP contribution in [-0.2, 0) is 22.6 Å². The van der Waals surface area contributed by atoms with Crippen LogP contribution < -0.4 is 9.47 Å². The molecule has 7 heteroatoms. The highest BCUT2D eigenvalue weighted by Gasteiger charge is 2.15. The van der Waals surface area contributed by atoms with Crippen molar-refractivity contribution in [2.75, 3.05) is 27.9 Å². The number of hydrogen-bond acceptors (Lipinski definition) is 6. The van der Waals surface area contributed by atoms with Gasteiger partial charge >= 0.3 is 11.9 Å². The summed E-state index contributed by atoms with van der Waals surface area (Å²) in [6.45, 7) is 0.878. The molecule has 0 saturated heterocycles. The zero-order chi connectivity index (χ0) is 19.8. The average Bonchev–Trinajstić information content (AvgIpc) is 2.67. The number of carbonyl (C=O) groups is 2. The first-order valence-electron chi connectivity index (χ1n) is 8.28. The maximum Gasteiger partial charge on any atom is 0.335 e. The topological polar surface area (TPSA) is 85.3 Å². The van der Waals surface area contributed by atoms with Crippen LogP contribution in [-0.4, -0.2) is 49.8 Å². The molecule has 1 N–H and O–H groups in total. The number of ether oxygens (including phenoxy) is 3. The highest BCUT2D eigenvalue weighted by molar-refractivity contribution is 5.87. The van der Waals surface area contributed by atoms with Crippen molar-refractivity contribution in [3.63, 3.8) is 0 Å². The second-order valence-electron chi connectivity index (χ2n) is 5.95. The van der Waals surface area contributed by atoms with E-state index in [0.29, 0.717) is 24.6 Å². The van der Waals surface area contributed by atoms with Crippen molar-refractivity contribution >= 4 is 11.9 Å². The molecule has 7 nitrogen and oxygen atoms in total. The number of aromatic carboxylic acids is 1. The molecule has 0 unspecified atom stereocenters. The van der Waals surface area contributed by atoms with Crippen LogP contribution in [0.4, 0.5) is 0 Å². The second-order valence-corrected chi connectivity index (χ2v) is 5.95. The standard InChI is InChI=1S/C20H23NO6/c1-25-17-8-15(9-18(10-17)26-2)12-21(13-19(22)27-3)11-14-5-4-6-16(7-14)20(23)24/h4-10H,11-13H2,1-3H3,(H,23,24). The van der Waals surface area contributed by atoms with E-state index >= 15 is 0 Å². The van der Waals surface area contributed by atoms with Crippen LogP contribution in [0.15, 0.2) is 42.5 Å². The second kappa shape index (κ2) is 9.59. The lowest BCUT2D eigenvalue weighted by Gasteiger charge is -2.22. The molecule has 0 fully saturated rings. The van der Waals surface area contributed by atoms with Gasteiger partial charge in [0.05, 0.1) is 33.4 Å². The summed E-state index contributed by atoms with van der Waals surface area (Å²) in [4.78, 5) is 24.9. The number of carbonyl (C=O) groups excluding carboxylic acids is 1. The Balaban J connectivity index is 2.25. The summed E-state index contributed by atoms with van der Waals surface area (Å²) in [5.41, 5.74) is 1.88. The summed E-state index contributed by atoms with van der Waals surface area (Å²) in [6.07, 6.45) is 0. The zero-order valence-electron chi connectivity index (χ0n) is 15.6. The fraction of sp³-hybridized carbons (Fsp3) is 0.300. The van der Waals surface area contributed by atoms with Gasteiger partial charge in [0.25, 0.3) is 0 Å². The number of rotatable bonds is 9. The lowest BCUT2D eigenvalue weighted by Crippen LogP contribution is -2.30. The molecule has 0 aliphatic heterocycles. The normalized spacial score (nSPS) is 10.5. The van der Waals surface area contributed by atoms with Gasteiger partial charge in [-0.15, -0.1) is 0 Å². The molecule has 0 radical (unpaired) electrons. The smallest absolute Gasteiger partial charge is 0.335 e. The van der Waals surface area contributed by atoms with Crippen molar-refractivity contribution in [3.8, 4) is 11.5 Å². The Morgan fingerprint density at radius 2 is 1.56 bits per heavy atom. The van der Waals surface area contributed by atoms with Gasteiger partial charge in [-0.2, -0.15) is 0 Å². The Hall–Kier alpha value is -3.06. The third kappa shape index (κ3) is 6.00. The molecule has 144 valence electrons. The Bertz CT molecular complexity index is 783. The summed E-state index contributed by atoms with van der Waals surface area (Å²) in [5, 5.41) is 9.16. The molecule has 2 rings (SSSR count). The maximum atomic E-state index is 11.8. The molecular weight excluding hydrogens is 350 g/mol. The first-order chi connectivity index (χ1) is 12.9. The van der Waals surface area contributed by atoms with Crippen molar-refractivity contribution in [2.45, 2.75) is 13.1 Å². The van der Waals surface area contributed by atoms with Crippen LogP contribution >= 0.6 is 0 Å². The Kier molecular flexibility index (Phi) is 7.19. The molecular formula is C20H23NO6. The highest BCUT2D eigenvalue weighted by Crippen LogP contribution is 2.24. The summed E-state index contributed by atoms with van der Waals surface area (Å²) in [6, 6.07) is 12.1. The predicted octanol–water partition coefficient (Wildman–Crippen LogP) is 2.58. The first-order valence-corrected chi connectivity index (χ1v) is 8.28. The van der Waals surface area contributed by atoms with Crippen molar-refractivity contribution < 1.29 is 28.9 Å². The van der Waals surface area contributed by atoms with Gasteiger partial charge in [0.2, 0.25) is 0 Å².